The number of nitrogens with zero attached hydrogens (tertiary/aromatic N) is 2. The Balaban J connectivity index is 1.95. The molecule has 0 saturated carbocycles. The van der Waals surface area contributed by atoms with Gasteiger partial charge in [0.1, 0.15) is 6.54 Å². The fourth-order valence-electron chi connectivity index (χ4n) is 2.41. The quantitative estimate of drug-likeness (QED) is 0.823. The largest absolute Gasteiger partial charge is 0.480 e. The summed E-state index contributed by atoms with van der Waals surface area (Å²) in [5.74, 6) is -0.582. The predicted octanol–water partition coefficient (Wildman–Crippen LogP) is 2.80. The number of benzene rings is 1. The van der Waals surface area contributed by atoms with Crippen LogP contribution in [0, 0.1) is 6.92 Å². The first-order chi connectivity index (χ1) is 11.0. The number of anilines is 1. The molecule has 0 saturated heterocycles. The average Bonchev–Trinajstić information content (AvgIpc) is 2.92. The van der Waals surface area contributed by atoms with Gasteiger partial charge in [-0.1, -0.05) is 36.8 Å². The molecule has 1 heterocycles. The SMILES string of the molecule is CCC(CC(=O)Nc1ccn(CC(=O)O)n1)c1ccc(C)cc1. The molecular weight excluding hydrogens is 294 g/mol. The Kier molecular flexibility index (Phi) is 5.51. The molecule has 1 aromatic carbocycles. The minimum Gasteiger partial charge on any atom is -0.480 e. The molecule has 0 spiro atoms. The third kappa shape index (κ3) is 4.95. The fourth-order valence-corrected chi connectivity index (χ4v) is 2.41. The van der Waals surface area contributed by atoms with Gasteiger partial charge < -0.3 is 10.4 Å². The Labute approximate surface area is 135 Å². The van der Waals surface area contributed by atoms with Crippen LogP contribution in [0.3, 0.4) is 0 Å². The zero-order valence-corrected chi connectivity index (χ0v) is 13.3. The van der Waals surface area contributed by atoms with Crippen LogP contribution in [0.2, 0.25) is 0 Å². The summed E-state index contributed by atoms with van der Waals surface area (Å²) in [4.78, 5) is 22.8. The third-order valence-electron chi connectivity index (χ3n) is 3.68. The molecule has 0 fully saturated rings. The summed E-state index contributed by atoms with van der Waals surface area (Å²) >= 11 is 0. The van der Waals surface area contributed by atoms with Crippen molar-refractivity contribution >= 4 is 17.7 Å². The van der Waals surface area contributed by atoms with Crippen molar-refractivity contribution in [2.45, 2.75) is 39.2 Å². The van der Waals surface area contributed by atoms with Gasteiger partial charge in [0, 0.05) is 18.7 Å². The van der Waals surface area contributed by atoms with Crippen LogP contribution in [0.4, 0.5) is 5.82 Å². The summed E-state index contributed by atoms with van der Waals surface area (Å²) in [6, 6.07) is 9.79. The zero-order valence-electron chi connectivity index (χ0n) is 13.3. The van der Waals surface area contributed by atoms with Crippen LogP contribution in [0.25, 0.3) is 0 Å². The second-order valence-corrected chi connectivity index (χ2v) is 5.56. The van der Waals surface area contributed by atoms with Gasteiger partial charge in [-0.15, -0.1) is 0 Å². The number of carboxylic acids is 1. The molecule has 6 nitrogen and oxygen atoms in total. The lowest BCUT2D eigenvalue weighted by atomic mass is 9.92. The minimum absolute atomic E-state index is 0.127. The van der Waals surface area contributed by atoms with Gasteiger partial charge in [-0.25, -0.2) is 0 Å². The number of aryl methyl sites for hydroxylation is 1. The smallest absolute Gasteiger partial charge is 0.325 e. The summed E-state index contributed by atoms with van der Waals surface area (Å²) in [5, 5.41) is 15.4. The Morgan fingerprint density at radius 3 is 2.57 bits per heavy atom. The first kappa shape index (κ1) is 16.7. The van der Waals surface area contributed by atoms with Crippen molar-refractivity contribution in [2.75, 3.05) is 5.32 Å². The molecule has 0 bridgehead atoms. The molecule has 2 aromatic rings. The van der Waals surface area contributed by atoms with Gasteiger partial charge in [0.15, 0.2) is 5.82 Å². The van der Waals surface area contributed by atoms with E-state index in [2.05, 4.69) is 29.5 Å². The maximum Gasteiger partial charge on any atom is 0.325 e. The standard InChI is InChI=1S/C17H21N3O3/c1-3-13(14-6-4-12(2)5-7-14)10-16(21)18-15-8-9-20(19-15)11-17(22)23/h4-9,13H,3,10-11H2,1-2H3,(H,22,23)(H,18,19,21). The molecule has 6 heteroatoms. The molecule has 0 aliphatic heterocycles. The summed E-state index contributed by atoms with van der Waals surface area (Å²) < 4.78 is 1.27. The molecule has 1 amide bonds. The number of nitrogens with one attached hydrogen (secondary N) is 1. The number of carboxylic acid groups (broad SMARTS) is 1. The van der Waals surface area contributed by atoms with E-state index in [0.717, 1.165) is 12.0 Å². The summed E-state index contributed by atoms with van der Waals surface area (Å²) in [5.41, 5.74) is 2.33. The molecule has 0 aliphatic carbocycles. The lowest BCUT2D eigenvalue weighted by molar-refractivity contribution is -0.137. The highest BCUT2D eigenvalue weighted by Crippen LogP contribution is 2.24. The third-order valence-corrected chi connectivity index (χ3v) is 3.68. The number of rotatable bonds is 7. The molecule has 1 unspecified atom stereocenters. The Morgan fingerprint density at radius 2 is 1.96 bits per heavy atom. The Hall–Kier alpha value is -2.63. The molecule has 1 aromatic heterocycles. The maximum absolute atomic E-state index is 12.2. The molecule has 122 valence electrons. The first-order valence-corrected chi connectivity index (χ1v) is 7.59. The van der Waals surface area contributed by atoms with Crippen molar-refractivity contribution in [3.8, 4) is 0 Å². The van der Waals surface area contributed by atoms with Crippen LogP contribution in [-0.4, -0.2) is 26.8 Å². The highest BCUT2D eigenvalue weighted by atomic mass is 16.4. The predicted molar refractivity (Wildman–Crippen MR) is 87.3 cm³/mol. The number of hydrogen-bond donors (Lipinski definition) is 2. The van der Waals surface area contributed by atoms with E-state index in [1.54, 1.807) is 6.07 Å². The number of aliphatic carboxylic acids is 1. The molecular formula is C17H21N3O3. The fraction of sp³-hybridized carbons (Fsp3) is 0.353. The first-order valence-electron chi connectivity index (χ1n) is 7.59. The second-order valence-electron chi connectivity index (χ2n) is 5.56. The van der Waals surface area contributed by atoms with E-state index in [0.29, 0.717) is 12.2 Å². The zero-order chi connectivity index (χ0) is 16.8. The van der Waals surface area contributed by atoms with Gasteiger partial charge in [-0.2, -0.15) is 5.10 Å². The monoisotopic (exact) mass is 315 g/mol. The second kappa shape index (κ2) is 7.58. The van der Waals surface area contributed by atoms with Gasteiger partial charge in [-0.05, 0) is 24.8 Å². The minimum atomic E-state index is -0.976. The average molecular weight is 315 g/mol. The molecule has 0 aliphatic rings. The van der Waals surface area contributed by atoms with E-state index in [4.69, 9.17) is 5.11 Å². The summed E-state index contributed by atoms with van der Waals surface area (Å²) in [6.45, 7) is 3.86. The Morgan fingerprint density at radius 1 is 1.26 bits per heavy atom. The highest BCUT2D eigenvalue weighted by Gasteiger charge is 2.15. The van der Waals surface area contributed by atoms with Crippen molar-refractivity contribution in [1.82, 2.24) is 9.78 Å². The van der Waals surface area contributed by atoms with Crippen LogP contribution < -0.4 is 5.32 Å². The van der Waals surface area contributed by atoms with Gasteiger partial charge in [0.05, 0.1) is 0 Å². The molecule has 23 heavy (non-hydrogen) atoms. The van der Waals surface area contributed by atoms with E-state index in [1.165, 1.54) is 16.4 Å². The number of carbonyl (C=O) groups excluding carboxylic acids is 1. The topological polar surface area (TPSA) is 84.2 Å². The van der Waals surface area contributed by atoms with Crippen LogP contribution >= 0.6 is 0 Å². The molecule has 0 radical (unpaired) electrons. The maximum atomic E-state index is 12.2. The number of carbonyl (C=O) groups is 2. The van der Waals surface area contributed by atoms with E-state index in [-0.39, 0.29) is 18.4 Å². The lowest BCUT2D eigenvalue weighted by Gasteiger charge is -2.15. The van der Waals surface area contributed by atoms with Crippen molar-refractivity contribution in [3.05, 3.63) is 47.7 Å². The lowest BCUT2D eigenvalue weighted by Crippen LogP contribution is -2.16. The number of amides is 1. The van der Waals surface area contributed by atoms with E-state index >= 15 is 0 Å². The van der Waals surface area contributed by atoms with Gasteiger partial charge in [0.2, 0.25) is 5.91 Å². The number of aromatic nitrogens is 2. The van der Waals surface area contributed by atoms with Crippen LogP contribution in [0.5, 0.6) is 0 Å². The van der Waals surface area contributed by atoms with Gasteiger partial charge >= 0.3 is 5.97 Å². The van der Waals surface area contributed by atoms with E-state index < -0.39 is 5.97 Å². The van der Waals surface area contributed by atoms with Crippen molar-refractivity contribution in [3.63, 3.8) is 0 Å². The van der Waals surface area contributed by atoms with E-state index in [9.17, 15) is 9.59 Å². The normalized spacial score (nSPS) is 11.9. The molecule has 1 atom stereocenters. The van der Waals surface area contributed by atoms with Crippen molar-refractivity contribution in [2.24, 2.45) is 0 Å². The van der Waals surface area contributed by atoms with Gasteiger partial charge in [-0.3, -0.25) is 14.3 Å². The van der Waals surface area contributed by atoms with Crippen molar-refractivity contribution < 1.29 is 14.7 Å². The molecule has 2 N–H and O–H groups in total. The Bertz CT molecular complexity index is 677. The molecule has 2 rings (SSSR count). The summed E-state index contributed by atoms with van der Waals surface area (Å²) in [6.07, 6.45) is 2.76. The van der Waals surface area contributed by atoms with Crippen LogP contribution in [-0.2, 0) is 16.1 Å². The van der Waals surface area contributed by atoms with Crippen LogP contribution in [0.1, 0.15) is 36.8 Å². The van der Waals surface area contributed by atoms with Crippen LogP contribution in [0.15, 0.2) is 36.5 Å². The highest BCUT2D eigenvalue weighted by molar-refractivity contribution is 5.90. The van der Waals surface area contributed by atoms with Crippen molar-refractivity contribution in [1.29, 1.82) is 0 Å². The van der Waals surface area contributed by atoms with E-state index in [1.807, 2.05) is 19.1 Å². The van der Waals surface area contributed by atoms with Gasteiger partial charge in [0.25, 0.3) is 0 Å². The summed E-state index contributed by atoms with van der Waals surface area (Å²) in [7, 11) is 0. The number of hydrogen-bond acceptors (Lipinski definition) is 3.